The number of allylic oxidation sites excluding steroid dienone is 2. The van der Waals surface area contributed by atoms with Gasteiger partial charge in [0, 0.05) is 42.0 Å². The van der Waals surface area contributed by atoms with E-state index in [4.69, 9.17) is 8.60 Å². The molecule has 208 valence electrons. The molecule has 0 aliphatic carbocycles. The lowest BCUT2D eigenvalue weighted by Gasteiger charge is -2.35. The monoisotopic (exact) mass is 573 g/mol. The SMILES string of the molecule is CCN(CC)c1ccc2cc(-c3ccc(/C(C)=C(\C#N)S(=O)(=O)N[C@H]4SO[C@H](CO)[C@@H](O)[C@@H]4O)o3)ccc2c1. The Balaban J connectivity index is 1.58. The zero-order valence-electron chi connectivity index (χ0n) is 21.7. The van der Waals surface area contributed by atoms with E-state index in [2.05, 4.69) is 41.7 Å². The third kappa shape index (κ3) is 6.00. The number of nitrogens with zero attached hydrogens (tertiary/aromatic N) is 2. The van der Waals surface area contributed by atoms with Crippen molar-refractivity contribution in [3.63, 3.8) is 0 Å². The van der Waals surface area contributed by atoms with Gasteiger partial charge < -0.3 is 28.8 Å². The van der Waals surface area contributed by atoms with Gasteiger partial charge in [0.25, 0.3) is 10.0 Å². The summed E-state index contributed by atoms with van der Waals surface area (Å²) in [5, 5.41) is 40.0. The van der Waals surface area contributed by atoms with Crippen LogP contribution in [0.4, 0.5) is 5.69 Å². The standard InChI is InChI=1S/C27H31N3O7S2/c1-4-30(5-2)20-9-8-17-12-19(7-6-18(17)13-20)22-11-10-21(36-22)16(3)24(14-28)39(34,35)29-27-26(33)25(32)23(15-31)37-38-27/h6-13,23,25-27,29,31-33H,4-5,15H2,1-3H3/b24-16+/t23-,25-,26+,27+/m1/s1. The minimum absolute atomic E-state index is 0.0749. The molecule has 1 fully saturated rings. The van der Waals surface area contributed by atoms with Gasteiger partial charge in [-0.2, -0.15) is 9.98 Å². The maximum atomic E-state index is 13.0. The first-order valence-electron chi connectivity index (χ1n) is 12.4. The number of nitrogens with one attached hydrogen (secondary N) is 1. The number of furan rings is 1. The van der Waals surface area contributed by atoms with Gasteiger partial charge in [-0.15, -0.1) is 0 Å². The first kappa shape index (κ1) is 29.1. The van der Waals surface area contributed by atoms with E-state index in [1.807, 2.05) is 18.2 Å². The van der Waals surface area contributed by atoms with Gasteiger partial charge in [-0.3, -0.25) is 0 Å². The Morgan fingerprint density at radius 1 is 1.08 bits per heavy atom. The molecule has 12 heteroatoms. The van der Waals surface area contributed by atoms with Crippen LogP contribution in [0, 0.1) is 11.3 Å². The summed E-state index contributed by atoms with van der Waals surface area (Å²) < 4.78 is 39.4. The van der Waals surface area contributed by atoms with E-state index in [-0.39, 0.29) is 11.3 Å². The molecule has 3 aromatic rings. The van der Waals surface area contributed by atoms with Crippen molar-refractivity contribution in [2.24, 2.45) is 0 Å². The minimum atomic E-state index is -4.43. The molecule has 4 rings (SSSR count). The number of aliphatic hydroxyl groups excluding tert-OH is 3. The summed E-state index contributed by atoms with van der Waals surface area (Å²) in [6.07, 6.45) is -4.15. The molecule has 0 bridgehead atoms. The van der Waals surface area contributed by atoms with Crippen molar-refractivity contribution in [3.8, 4) is 17.4 Å². The average Bonchev–Trinajstić information content (AvgIpc) is 3.42. The van der Waals surface area contributed by atoms with Crippen molar-refractivity contribution in [2.45, 2.75) is 44.5 Å². The molecule has 10 nitrogen and oxygen atoms in total. The largest absolute Gasteiger partial charge is 0.456 e. The molecule has 1 aliphatic rings. The molecular weight excluding hydrogens is 542 g/mol. The zero-order valence-corrected chi connectivity index (χ0v) is 23.4. The normalized spacial score (nSPS) is 22.4. The molecule has 0 saturated carbocycles. The Bertz CT molecular complexity index is 1510. The van der Waals surface area contributed by atoms with Crippen molar-refractivity contribution in [1.82, 2.24) is 4.72 Å². The van der Waals surface area contributed by atoms with Crippen LogP contribution < -0.4 is 9.62 Å². The second-order valence-electron chi connectivity index (χ2n) is 9.08. The van der Waals surface area contributed by atoms with Crippen LogP contribution >= 0.6 is 12.0 Å². The van der Waals surface area contributed by atoms with Gasteiger partial charge in [-0.05, 0) is 61.9 Å². The van der Waals surface area contributed by atoms with E-state index in [0.29, 0.717) is 17.8 Å². The van der Waals surface area contributed by atoms with Crippen molar-refractivity contribution >= 4 is 44.1 Å². The van der Waals surface area contributed by atoms with E-state index < -0.39 is 45.2 Å². The van der Waals surface area contributed by atoms with Gasteiger partial charge in [-0.25, -0.2) is 8.42 Å². The van der Waals surface area contributed by atoms with Crippen molar-refractivity contribution in [1.29, 1.82) is 5.26 Å². The number of benzene rings is 2. The van der Waals surface area contributed by atoms with Gasteiger partial charge >= 0.3 is 0 Å². The molecular formula is C27H31N3O7S2. The summed E-state index contributed by atoms with van der Waals surface area (Å²) in [5.74, 6) is 0.698. The Morgan fingerprint density at radius 2 is 1.77 bits per heavy atom. The third-order valence-electron chi connectivity index (χ3n) is 6.70. The van der Waals surface area contributed by atoms with Crippen LogP contribution in [0.3, 0.4) is 0 Å². The summed E-state index contributed by atoms with van der Waals surface area (Å²) in [6.45, 7) is 6.96. The van der Waals surface area contributed by atoms with Crippen LogP contribution in [0.15, 0.2) is 57.9 Å². The van der Waals surface area contributed by atoms with Gasteiger partial charge in [0.1, 0.15) is 41.3 Å². The average molecular weight is 574 g/mol. The first-order valence-corrected chi connectivity index (χ1v) is 14.7. The molecule has 2 aromatic carbocycles. The molecule has 0 unspecified atom stereocenters. The van der Waals surface area contributed by atoms with E-state index in [1.165, 1.54) is 6.92 Å². The molecule has 0 spiro atoms. The summed E-state index contributed by atoms with van der Waals surface area (Å²) >= 11 is 0.559. The number of sulfonamides is 1. The highest BCUT2D eigenvalue weighted by atomic mass is 32.2. The first-order chi connectivity index (χ1) is 18.6. The summed E-state index contributed by atoms with van der Waals surface area (Å²) in [5.41, 5.74) is 2.02. The fourth-order valence-electron chi connectivity index (χ4n) is 4.41. The van der Waals surface area contributed by atoms with Gasteiger partial charge in [0.2, 0.25) is 0 Å². The molecule has 2 heterocycles. The second-order valence-corrected chi connectivity index (χ2v) is 11.6. The Kier molecular flexibility index (Phi) is 9.03. The lowest BCUT2D eigenvalue weighted by atomic mass is 10.0. The summed E-state index contributed by atoms with van der Waals surface area (Å²) in [7, 11) is -4.43. The Labute approximate surface area is 231 Å². The molecule has 1 aromatic heterocycles. The van der Waals surface area contributed by atoms with Gasteiger partial charge in [0.15, 0.2) is 4.91 Å². The fourth-order valence-corrected chi connectivity index (χ4v) is 6.84. The highest BCUT2D eigenvalue weighted by molar-refractivity contribution is 7.98. The van der Waals surface area contributed by atoms with E-state index in [9.17, 15) is 29.0 Å². The van der Waals surface area contributed by atoms with Crippen molar-refractivity contribution < 1.29 is 32.3 Å². The number of hydrogen-bond donors (Lipinski definition) is 4. The second kappa shape index (κ2) is 12.1. The van der Waals surface area contributed by atoms with E-state index in [0.717, 1.165) is 35.1 Å². The van der Waals surface area contributed by atoms with Gasteiger partial charge in [-0.1, -0.05) is 18.2 Å². The highest BCUT2D eigenvalue weighted by Gasteiger charge is 2.42. The quantitative estimate of drug-likeness (QED) is 0.221. The molecule has 4 atom stereocenters. The van der Waals surface area contributed by atoms with Crippen LogP contribution in [0.25, 0.3) is 27.7 Å². The van der Waals surface area contributed by atoms with E-state index in [1.54, 1.807) is 18.2 Å². The van der Waals surface area contributed by atoms with Crippen LogP contribution in [-0.2, 0) is 14.2 Å². The maximum Gasteiger partial charge on any atom is 0.252 e. The molecule has 1 aliphatic heterocycles. The predicted octanol–water partition coefficient (Wildman–Crippen LogP) is 3.21. The predicted molar refractivity (Wildman–Crippen MR) is 151 cm³/mol. The number of aliphatic hydroxyl groups is 3. The zero-order chi connectivity index (χ0) is 28.3. The van der Waals surface area contributed by atoms with Crippen LogP contribution in [0.5, 0.6) is 0 Å². The van der Waals surface area contributed by atoms with E-state index >= 15 is 0 Å². The molecule has 39 heavy (non-hydrogen) atoms. The Hall–Kier alpha value is -2.89. The summed E-state index contributed by atoms with van der Waals surface area (Å²) in [6, 6.07) is 17.2. The van der Waals surface area contributed by atoms with Crippen molar-refractivity contribution in [3.05, 3.63) is 59.2 Å². The smallest absolute Gasteiger partial charge is 0.252 e. The lowest BCUT2D eigenvalue weighted by molar-refractivity contribution is -0.0741. The maximum absolute atomic E-state index is 13.0. The minimum Gasteiger partial charge on any atom is -0.456 e. The fraction of sp³-hybridized carbons (Fsp3) is 0.370. The van der Waals surface area contributed by atoms with Crippen LogP contribution in [-0.4, -0.2) is 67.1 Å². The number of anilines is 1. The highest BCUT2D eigenvalue weighted by Crippen LogP contribution is 2.33. The molecule has 4 N–H and O–H groups in total. The molecule has 0 radical (unpaired) electrons. The third-order valence-corrected chi connectivity index (χ3v) is 9.31. The van der Waals surface area contributed by atoms with Crippen molar-refractivity contribution in [2.75, 3.05) is 24.6 Å². The molecule has 0 amide bonds. The van der Waals surface area contributed by atoms with Gasteiger partial charge in [0.05, 0.1) is 6.61 Å². The summed E-state index contributed by atoms with van der Waals surface area (Å²) in [4.78, 5) is 1.67. The Morgan fingerprint density at radius 3 is 2.44 bits per heavy atom. The topological polar surface area (TPSA) is 156 Å². The number of hydrogen-bond acceptors (Lipinski definition) is 10. The number of fused-ring (bicyclic) bond motifs is 1. The molecule has 1 saturated heterocycles. The number of rotatable bonds is 9. The number of nitriles is 1. The van der Waals surface area contributed by atoms with Crippen LogP contribution in [0.2, 0.25) is 0 Å². The lowest BCUT2D eigenvalue weighted by Crippen LogP contribution is -2.55. The van der Waals surface area contributed by atoms with Crippen LogP contribution in [0.1, 0.15) is 26.5 Å².